The van der Waals surface area contributed by atoms with Crippen LogP contribution < -0.4 is 10.6 Å². The fourth-order valence-electron chi connectivity index (χ4n) is 5.63. The van der Waals surface area contributed by atoms with Crippen molar-refractivity contribution < 1.29 is 9.18 Å². The van der Waals surface area contributed by atoms with Crippen LogP contribution in [0.1, 0.15) is 37.9 Å². The van der Waals surface area contributed by atoms with E-state index in [1.807, 2.05) is 50.7 Å². The summed E-state index contributed by atoms with van der Waals surface area (Å²) in [5.74, 6) is -0.237. The van der Waals surface area contributed by atoms with Gasteiger partial charge in [0, 0.05) is 44.0 Å². The Morgan fingerprint density at radius 2 is 1.95 bits per heavy atom. The van der Waals surface area contributed by atoms with Gasteiger partial charge >= 0.3 is 5.69 Å². The summed E-state index contributed by atoms with van der Waals surface area (Å²) >= 11 is 6.81. The van der Waals surface area contributed by atoms with Crippen LogP contribution in [-0.4, -0.2) is 75.0 Å². The van der Waals surface area contributed by atoms with E-state index in [2.05, 4.69) is 16.5 Å². The number of fused-ring (bicyclic) bond motifs is 1. The van der Waals surface area contributed by atoms with Gasteiger partial charge in [-0.25, -0.2) is 18.7 Å². The fraction of sp³-hybridized carbons (Fsp3) is 0.344. The number of nitrogens with zero attached hydrogens (tertiary/aromatic N) is 7. The van der Waals surface area contributed by atoms with Gasteiger partial charge in [0.15, 0.2) is 5.65 Å². The molecule has 1 aliphatic rings. The Kier molecular flexibility index (Phi) is 8.62. The minimum absolute atomic E-state index is 0.0208. The summed E-state index contributed by atoms with van der Waals surface area (Å²) in [4.78, 5) is 46.4. The smallest absolute Gasteiger partial charge is 0.350 e. The number of amides is 1. The highest BCUT2D eigenvalue weighted by atomic mass is 35.5. The number of halogens is 2. The topological polar surface area (TPSA) is 87.5 Å². The van der Waals surface area contributed by atoms with Crippen LogP contribution in [0.2, 0.25) is 5.02 Å². The molecule has 1 aliphatic heterocycles. The van der Waals surface area contributed by atoms with Crippen LogP contribution in [0.5, 0.6) is 0 Å². The van der Waals surface area contributed by atoms with Gasteiger partial charge in [0.25, 0.3) is 0 Å². The van der Waals surface area contributed by atoms with Crippen LogP contribution in [0.15, 0.2) is 60.0 Å². The van der Waals surface area contributed by atoms with Crippen molar-refractivity contribution in [2.24, 2.45) is 0 Å². The van der Waals surface area contributed by atoms with Gasteiger partial charge in [0.2, 0.25) is 5.91 Å². The molecule has 5 rings (SSSR count). The summed E-state index contributed by atoms with van der Waals surface area (Å²) in [5.41, 5.74) is 2.38. The molecule has 0 N–H and O–H groups in total. The first kappa shape index (κ1) is 30.3. The Balaban J connectivity index is 1.84. The Morgan fingerprint density at radius 1 is 1.21 bits per heavy atom. The lowest BCUT2D eigenvalue weighted by Crippen LogP contribution is -2.54. The highest BCUT2D eigenvalue weighted by Crippen LogP contribution is 2.36. The monoisotopic (exact) mass is 603 g/mol. The first-order valence-corrected chi connectivity index (χ1v) is 14.6. The van der Waals surface area contributed by atoms with Crippen LogP contribution in [-0.2, 0) is 11.3 Å². The molecule has 0 aliphatic carbocycles. The maximum Gasteiger partial charge on any atom is 0.355 e. The van der Waals surface area contributed by atoms with Crippen molar-refractivity contribution in [3.05, 3.63) is 87.8 Å². The average molecular weight is 604 g/mol. The standard InChI is InChI=1S/C32H35ClFN7O2/c1-7-26(42)39-14-15-40(20(4)17-39)30-23-16-24(33)28(22-10-8-9-11-25(22)34)36-31(23)41(32(43)37-30)29-21(18-38(5)6)12-13-35-27(29)19(2)3/h7-13,16,19-20H,1,14-15,17-18H2,2-6H3/t20-/m0/s1. The molecule has 0 bridgehead atoms. The third-order valence-corrected chi connectivity index (χ3v) is 7.90. The molecule has 11 heteroatoms. The number of hydrogen-bond donors (Lipinski definition) is 0. The lowest BCUT2D eigenvalue weighted by atomic mass is 10.0. The predicted octanol–water partition coefficient (Wildman–Crippen LogP) is 5.04. The number of benzene rings is 1. The third-order valence-electron chi connectivity index (χ3n) is 7.61. The zero-order chi connectivity index (χ0) is 31.0. The highest BCUT2D eigenvalue weighted by Gasteiger charge is 2.30. The molecule has 0 spiro atoms. The van der Waals surface area contributed by atoms with E-state index in [1.54, 1.807) is 35.4 Å². The lowest BCUT2D eigenvalue weighted by Gasteiger charge is -2.40. The number of piperazine rings is 1. The molecule has 0 radical (unpaired) electrons. The molecule has 224 valence electrons. The Labute approximate surface area is 255 Å². The van der Waals surface area contributed by atoms with Gasteiger partial charge in [0.05, 0.1) is 27.5 Å². The first-order valence-electron chi connectivity index (χ1n) is 14.2. The van der Waals surface area contributed by atoms with Crippen LogP contribution in [0.25, 0.3) is 28.0 Å². The lowest BCUT2D eigenvalue weighted by molar-refractivity contribution is -0.126. The number of anilines is 1. The average Bonchev–Trinajstić information content (AvgIpc) is 2.96. The van der Waals surface area contributed by atoms with E-state index in [4.69, 9.17) is 16.6 Å². The molecular weight excluding hydrogens is 569 g/mol. The molecule has 0 saturated carbocycles. The number of carbonyl (C=O) groups is 1. The number of rotatable bonds is 7. The summed E-state index contributed by atoms with van der Waals surface area (Å²) in [6.45, 7) is 11.4. The molecule has 1 saturated heterocycles. The van der Waals surface area contributed by atoms with Gasteiger partial charge in [0.1, 0.15) is 11.6 Å². The van der Waals surface area contributed by atoms with Gasteiger partial charge in [-0.15, -0.1) is 0 Å². The maximum absolute atomic E-state index is 15.0. The van der Waals surface area contributed by atoms with E-state index >= 15 is 4.39 Å². The Bertz CT molecular complexity index is 1770. The van der Waals surface area contributed by atoms with Crippen LogP contribution in [0.4, 0.5) is 10.2 Å². The molecule has 1 aromatic carbocycles. The van der Waals surface area contributed by atoms with Crippen molar-refractivity contribution in [2.75, 3.05) is 38.6 Å². The van der Waals surface area contributed by atoms with Gasteiger partial charge in [-0.05, 0) is 62.8 Å². The molecule has 3 aromatic heterocycles. The molecule has 9 nitrogen and oxygen atoms in total. The molecule has 1 atom stereocenters. The zero-order valence-electron chi connectivity index (χ0n) is 25.0. The maximum atomic E-state index is 15.0. The number of hydrogen-bond acceptors (Lipinski definition) is 7. The Morgan fingerprint density at radius 3 is 2.60 bits per heavy atom. The van der Waals surface area contributed by atoms with E-state index < -0.39 is 11.5 Å². The summed E-state index contributed by atoms with van der Waals surface area (Å²) in [6, 6.07) is 9.70. The quantitative estimate of drug-likeness (QED) is 0.273. The molecule has 4 heterocycles. The van der Waals surface area contributed by atoms with Gasteiger partial charge < -0.3 is 14.7 Å². The molecule has 0 unspecified atom stereocenters. The van der Waals surface area contributed by atoms with E-state index in [0.717, 1.165) is 5.56 Å². The number of aromatic nitrogens is 4. The van der Waals surface area contributed by atoms with Crippen LogP contribution in [0.3, 0.4) is 0 Å². The van der Waals surface area contributed by atoms with E-state index in [-0.39, 0.29) is 34.1 Å². The van der Waals surface area contributed by atoms with Crippen molar-refractivity contribution in [2.45, 2.75) is 39.3 Å². The minimum atomic E-state index is -0.538. The van der Waals surface area contributed by atoms with E-state index in [9.17, 15) is 9.59 Å². The zero-order valence-corrected chi connectivity index (χ0v) is 25.8. The molecule has 43 heavy (non-hydrogen) atoms. The first-order chi connectivity index (χ1) is 20.5. The van der Waals surface area contributed by atoms with Gasteiger partial charge in [-0.2, -0.15) is 4.98 Å². The summed E-state index contributed by atoms with van der Waals surface area (Å²) in [6.07, 6.45) is 3.05. The second-order valence-electron chi connectivity index (χ2n) is 11.4. The van der Waals surface area contributed by atoms with Crippen molar-refractivity contribution in [1.29, 1.82) is 0 Å². The van der Waals surface area contributed by atoms with Gasteiger partial charge in [-0.1, -0.05) is 44.2 Å². The number of pyridine rings is 2. The SMILES string of the molecule is C=CC(=O)N1CCN(c2nc(=O)n(-c3c(CN(C)C)ccnc3C(C)C)c3nc(-c4ccccc4F)c(Cl)cc23)[C@@H](C)C1. The number of carbonyl (C=O) groups excluding carboxylic acids is 1. The third kappa shape index (κ3) is 5.77. The van der Waals surface area contributed by atoms with E-state index in [0.29, 0.717) is 54.4 Å². The molecular formula is C32H35ClFN7O2. The van der Waals surface area contributed by atoms with Crippen molar-refractivity contribution in [1.82, 2.24) is 29.3 Å². The van der Waals surface area contributed by atoms with Crippen LogP contribution in [0, 0.1) is 5.82 Å². The van der Waals surface area contributed by atoms with Crippen molar-refractivity contribution in [3.63, 3.8) is 0 Å². The second-order valence-corrected chi connectivity index (χ2v) is 11.8. The minimum Gasteiger partial charge on any atom is -0.350 e. The summed E-state index contributed by atoms with van der Waals surface area (Å²) in [5, 5.41) is 0.761. The van der Waals surface area contributed by atoms with Crippen LogP contribution >= 0.6 is 11.6 Å². The summed E-state index contributed by atoms with van der Waals surface area (Å²) in [7, 11) is 3.90. The molecule has 1 amide bonds. The summed E-state index contributed by atoms with van der Waals surface area (Å²) < 4.78 is 16.5. The molecule has 1 fully saturated rings. The largest absolute Gasteiger partial charge is 0.355 e. The predicted molar refractivity (Wildman–Crippen MR) is 168 cm³/mol. The molecule has 4 aromatic rings. The highest BCUT2D eigenvalue weighted by molar-refractivity contribution is 6.33. The van der Waals surface area contributed by atoms with Crippen molar-refractivity contribution >= 4 is 34.4 Å². The second kappa shape index (κ2) is 12.2. The van der Waals surface area contributed by atoms with Gasteiger partial charge in [-0.3, -0.25) is 9.78 Å². The fourth-order valence-corrected chi connectivity index (χ4v) is 5.88. The normalized spacial score (nSPS) is 15.5. The van der Waals surface area contributed by atoms with Crippen molar-refractivity contribution in [3.8, 4) is 16.9 Å². The Hall–Kier alpha value is -4.15. The van der Waals surface area contributed by atoms with E-state index in [1.165, 1.54) is 16.7 Å².